The summed E-state index contributed by atoms with van der Waals surface area (Å²) in [6, 6.07) is 2.29. The number of pyridine rings is 1. The summed E-state index contributed by atoms with van der Waals surface area (Å²) < 4.78 is 36.2. The van der Waals surface area contributed by atoms with Crippen LogP contribution < -0.4 is 0 Å². The van der Waals surface area contributed by atoms with E-state index >= 15 is 0 Å². The highest BCUT2D eigenvalue weighted by Crippen LogP contribution is 2.28. The molecule has 1 rings (SSSR count). The van der Waals surface area contributed by atoms with Crippen LogP contribution in [0, 0.1) is 16.0 Å². The Bertz CT molecular complexity index is 413. The molecule has 0 aliphatic heterocycles. The van der Waals surface area contributed by atoms with Gasteiger partial charge in [-0.25, -0.2) is 0 Å². The lowest BCUT2D eigenvalue weighted by atomic mass is 10.2. The lowest BCUT2D eigenvalue weighted by molar-refractivity contribution is -0.137. The lowest BCUT2D eigenvalue weighted by Gasteiger charge is -2.05. The molecule has 1 N–H and O–H groups in total. The van der Waals surface area contributed by atoms with Crippen LogP contribution in [0.2, 0.25) is 0 Å². The van der Waals surface area contributed by atoms with Crippen molar-refractivity contribution in [3.63, 3.8) is 0 Å². The summed E-state index contributed by atoms with van der Waals surface area (Å²) in [6.07, 6.45) is -3.71. The van der Waals surface area contributed by atoms with Crippen LogP contribution in [-0.2, 0) is 6.18 Å². The fraction of sp³-hybridized carbons (Fsp3) is 0.143. The molecule has 0 bridgehead atoms. The standard InChI is InChI=1S/C7H3F3N2S/c8-7(9,10)5-1-4(2-11)6(13)12-3-5/h1,3H,(H,12,13). The normalized spacial score (nSPS) is 10.9. The predicted molar refractivity (Wildman–Crippen MR) is 41.3 cm³/mol. The molecule has 0 aromatic carbocycles. The van der Waals surface area contributed by atoms with E-state index in [2.05, 4.69) is 17.2 Å². The first-order valence-corrected chi connectivity index (χ1v) is 3.56. The molecule has 0 radical (unpaired) electrons. The van der Waals surface area contributed by atoms with Crippen LogP contribution in [-0.4, -0.2) is 4.98 Å². The van der Waals surface area contributed by atoms with Gasteiger partial charge in [-0.2, -0.15) is 18.4 Å². The molecule has 0 aliphatic carbocycles. The van der Waals surface area contributed by atoms with Crippen molar-refractivity contribution >= 4 is 12.2 Å². The molecule has 1 aromatic rings. The van der Waals surface area contributed by atoms with E-state index in [0.717, 1.165) is 12.3 Å². The Labute approximate surface area is 76.6 Å². The predicted octanol–water partition coefficient (Wildman–Crippen LogP) is 2.63. The summed E-state index contributed by atoms with van der Waals surface area (Å²) in [7, 11) is 0. The van der Waals surface area contributed by atoms with Gasteiger partial charge in [-0.1, -0.05) is 12.2 Å². The SMILES string of the molecule is N#Cc1cc(C(F)(F)F)c[nH]c1=S. The molecular weight excluding hydrogens is 201 g/mol. The number of nitrogens with zero attached hydrogens (tertiary/aromatic N) is 1. The van der Waals surface area contributed by atoms with Gasteiger partial charge in [-0.3, -0.25) is 0 Å². The number of H-pyrrole nitrogens is 1. The van der Waals surface area contributed by atoms with Crippen LogP contribution in [0.1, 0.15) is 11.1 Å². The fourth-order valence-electron chi connectivity index (χ4n) is 0.730. The van der Waals surface area contributed by atoms with Gasteiger partial charge in [0.15, 0.2) is 0 Å². The summed E-state index contributed by atoms with van der Waals surface area (Å²) in [5.41, 5.74) is -1.08. The van der Waals surface area contributed by atoms with Crippen LogP contribution in [0.3, 0.4) is 0 Å². The highest BCUT2D eigenvalue weighted by molar-refractivity contribution is 7.71. The highest BCUT2D eigenvalue weighted by Gasteiger charge is 2.30. The van der Waals surface area contributed by atoms with Crippen molar-refractivity contribution in [2.24, 2.45) is 0 Å². The maximum Gasteiger partial charge on any atom is 0.417 e. The monoisotopic (exact) mass is 204 g/mol. The van der Waals surface area contributed by atoms with Crippen molar-refractivity contribution in [1.29, 1.82) is 5.26 Å². The summed E-state index contributed by atoms with van der Waals surface area (Å²) in [5.74, 6) is 0. The second-order valence-electron chi connectivity index (χ2n) is 2.24. The number of nitrogens with one attached hydrogen (secondary N) is 1. The number of alkyl halides is 3. The Hall–Kier alpha value is -1.35. The Morgan fingerprint density at radius 3 is 2.54 bits per heavy atom. The number of hydrogen-bond acceptors (Lipinski definition) is 2. The first kappa shape index (κ1) is 9.74. The van der Waals surface area contributed by atoms with Crippen LogP contribution in [0.25, 0.3) is 0 Å². The smallest absolute Gasteiger partial charge is 0.351 e. The van der Waals surface area contributed by atoms with Gasteiger partial charge in [0.2, 0.25) is 0 Å². The van der Waals surface area contributed by atoms with Crippen molar-refractivity contribution in [1.82, 2.24) is 4.98 Å². The third-order valence-corrected chi connectivity index (χ3v) is 1.69. The van der Waals surface area contributed by atoms with E-state index in [4.69, 9.17) is 5.26 Å². The quantitative estimate of drug-likeness (QED) is 0.660. The minimum atomic E-state index is -4.45. The van der Waals surface area contributed by atoms with Gasteiger partial charge in [-0.05, 0) is 6.07 Å². The second kappa shape index (κ2) is 3.18. The first-order chi connectivity index (χ1) is 5.95. The van der Waals surface area contributed by atoms with Gasteiger partial charge in [0.1, 0.15) is 10.7 Å². The number of hydrogen-bond donors (Lipinski definition) is 1. The molecule has 0 atom stereocenters. The van der Waals surface area contributed by atoms with Crippen LogP contribution >= 0.6 is 12.2 Å². The zero-order chi connectivity index (χ0) is 10.1. The van der Waals surface area contributed by atoms with E-state index in [9.17, 15) is 13.2 Å². The Kier molecular flexibility index (Phi) is 2.38. The van der Waals surface area contributed by atoms with Crippen molar-refractivity contribution in [3.05, 3.63) is 28.0 Å². The van der Waals surface area contributed by atoms with Gasteiger partial charge in [0.25, 0.3) is 0 Å². The number of aromatic amines is 1. The Morgan fingerprint density at radius 2 is 2.08 bits per heavy atom. The van der Waals surface area contributed by atoms with E-state index in [1.165, 1.54) is 0 Å². The molecule has 2 nitrogen and oxygen atoms in total. The van der Waals surface area contributed by atoms with Gasteiger partial charge in [0.05, 0.1) is 11.1 Å². The molecule has 1 aromatic heterocycles. The molecule has 68 valence electrons. The van der Waals surface area contributed by atoms with Crippen molar-refractivity contribution in [2.45, 2.75) is 6.18 Å². The minimum absolute atomic E-state index is 0.00972. The molecule has 0 saturated heterocycles. The van der Waals surface area contributed by atoms with E-state index < -0.39 is 11.7 Å². The minimum Gasteiger partial charge on any atom is -0.351 e. The molecular formula is C7H3F3N2S. The third kappa shape index (κ3) is 2.06. The van der Waals surface area contributed by atoms with Gasteiger partial charge >= 0.3 is 6.18 Å². The van der Waals surface area contributed by atoms with Gasteiger partial charge in [0, 0.05) is 6.20 Å². The largest absolute Gasteiger partial charge is 0.417 e. The van der Waals surface area contributed by atoms with Gasteiger partial charge < -0.3 is 4.98 Å². The molecule has 0 unspecified atom stereocenters. The molecule has 0 saturated carbocycles. The van der Waals surface area contributed by atoms with E-state index in [1.54, 1.807) is 6.07 Å². The first-order valence-electron chi connectivity index (χ1n) is 3.15. The third-order valence-electron chi connectivity index (χ3n) is 1.35. The summed E-state index contributed by atoms with van der Waals surface area (Å²) in [5, 5.41) is 8.40. The number of halogens is 3. The molecule has 13 heavy (non-hydrogen) atoms. The Balaban J connectivity index is 3.32. The van der Waals surface area contributed by atoms with Crippen LogP contribution in [0.15, 0.2) is 12.3 Å². The number of rotatable bonds is 0. The summed E-state index contributed by atoms with van der Waals surface area (Å²) in [6.45, 7) is 0. The number of nitriles is 1. The fourth-order valence-corrected chi connectivity index (χ4v) is 0.894. The second-order valence-corrected chi connectivity index (χ2v) is 2.65. The average Bonchev–Trinajstić information content (AvgIpc) is 2.03. The zero-order valence-corrected chi connectivity index (χ0v) is 6.96. The maximum atomic E-state index is 12.1. The van der Waals surface area contributed by atoms with Crippen molar-refractivity contribution in [2.75, 3.05) is 0 Å². The molecule has 0 aliphatic rings. The van der Waals surface area contributed by atoms with Crippen molar-refractivity contribution in [3.8, 4) is 6.07 Å². The highest BCUT2D eigenvalue weighted by atomic mass is 32.1. The van der Waals surface area contributed by atoms with Crippen LogP contribution in [0.4, 0.5) is 13.2 Å². The zero-order valence-electron chi connectivity index (χ0n) is 6.14. The number of aromatic nitrogens is 1. The van der Waals surface area contributed by atoms with Crippen molar-refractivity contribution < 1.29 is 13.2 Å². The summed E-state index contributed by atoms with van der Waals surface area (Å²) >= 11 is 4.59. The van der Waals surface area contributed by atoms with Gasteiger partial charge in [-0.15, -0.1) is 0 Å². The lowest BCUT2D eigenvalue weighted by Crippen LogP contribution is -2.05. The van der Waals surface area contributed by atoms with Crippen LogP contribution in [0.5, 0.6) is 0 Å². The summed E-state index contributed by atoms with van der Waals surface area (Å²) in [4.78, 5) is 2.20. The molecule has 0 amide bonds. The topological polar surface area (TPSA) is 39.6 Å². The van der Waals surface area contributed by atoms with E-state index in [1.807, 2.05) is 0 Å². The van der Waals surface area contributed by atoms with E-state index in [0.29, 0.717) is 0 Å². The maximum absolute atomic E-state index is 12.1. The molecule has 6 heteroatoms. The Morgan fingerprint density at radius 1 is 1.46 bits per heavy atom. The molecule has 1 heterocycles. The molecule has 0 fully saturated rings. The molecule has 0 spiro atoms. The average molecular weight is 204 g/mol. The van der Waals surface area contributed by atoms with E-state index in [-0.39, 0.29) is 10.2 Å².